The number of nitrogens with zero attached hydrogens (tertiary/aromatic N) is 2. The number of carbonyl (C=O) groups excluding carboxylic acids is 1. The highest BCUT2D eigenvalue weighted by molar-refractivity contribution is 9.10. The van der Waals surface area contributed by atoms with E-state index in [1.807, 2.05) is 0 Å². The summed E-state index contributed by atoms with van der Waals surface area (Å²) >= 11 is 4.12. The molecule has 1 heterocycles. The van der Waals surface area contributed by atoms with Gasteiger partial charge in [0.2, 0.25) is 5.91 Å². The highest BCUT2D eigenvalue weighted by Crippen LogP contribution is 2.22. The molecule has 1 aromatic carbocycles. The standard InChI is InChI=1S/C12H9BrFN3O3S/c13-7-2-1-6(8(14)3-7)5-15-17-12-16-11(20)9(21-12)4-10(18)19/h1-3,5,9H,4H2,(H,18,19)(H,16,17,20). The minimum absolute atomic E-state index is 0.194. The van der Waals surface area contributed by atoms with E-state index in [2.05, 4.69) is 31.4 Å². The molecule has 0 radical (unpaired) electrons. The third kappa shape index (κ3) is 4.36. The van der Waals surface area contributed by atoms with Gasteiger partial charge in [0.05, 0.1) is 12.6 Å². The Balaban J connectivity index is 2.03. The number of amidine groups is 1. The summed E-state index contributed by atoms with van der Waals surface area (Å²) in [4.78, 5) is 22.0. The van der Waals surface area contributed by atoms with Gasteiger partial charge in [0, 0.05) is 10.0 Å². The fraction of sp³-hybridized carbons (Fsp3) is 0.167. The monoisotopic (exact) mass is 373 g/mol. The van der Waals surface area contributed by atoms with Crippen LogP contribution in [0.3, 0.4) is 0 Å². The number of aliphatic carboxylic acids is 1. The largest absolute Gasteiger partial charge is 0.481 e. The summed E-state index contributed by atoms with van der Waals surface area (Å²) in [6.07, 6.45) is 0.923. The van der Waals surface area contributed by atoms with Gasteiger partial charge in [0.25, 0.3) is 0 Å². The summed E-state index contributed by atoms with van der Waals surface area (Å²) in [5.74, 6) is -1.95. The molecular formula is C12H9BrFN3O3S. The smallest absolute Gasteiger partial charge is 0.305 e. The fourth-order valence-corrected chi connectivity index (χ4v) is 2.74. The first-order valence-corrected chi connectivity index (χ1v) is 7.38. The van der Waals surface area contributed by atoms with E-state index in [1.165, 1.54) is 18.3 Å². The summed E-state index contributed by atoms with van der Waals surface area (Å²) < 4.78 is 14.1. The lowest BCUT2D eigenvalue weighted by Crippen LogP contribution is -2.26. The number of carboxylic acid groups (broad SMARTS) is 1. The molecule has 0 bridgehead atoms. The first-order valence-electron chi connectivity index (χ1n) is 5.71. The van der Waals surface area contributed by atoms with Gasteiger partial charge in [-0.1, -0.05) is 27.7 Å². The van der Waals surface area contributed by atoms with Gasteiger partial charge in [0.15, 0.2) is 5.17 Å². The zero-order valence-corrected chi connectivity index (χ0v) is 12.8. The molecule has 1 aliphatic heterocycles. The first kappa shape index (κ1) is 15.6. The van der Waals surface area contributed by atoms with Crippen LogP contribution in [0.2, 0.25) is 0 Å². The Morgan fingerprint density at radius 1 is 1.57 bits per heavy atom. The SMILES string of the molecule is O=C(O)CC1SC(=NN=Cc2ccc(Br)cc2F)NC1=O. The van der Waals surface area contributed by atoms with Crippen LogP contribution in [0.5, 0.6) is 0 Å². The van der Waals surface area contributed by atoms with E-state index >= 15 is 0 Å². The molecule has 1 atom stereocenters. The summed E-state index contributed by atoms with van der Waals surface area (Å²) in [6.45, 7) is 0. The first-order chi connectivity index (χ1) is 9.95. The van der Waals surface area contributed by atoms with Crippen LogP contribution < -0.4 is 5.32 Å². The molecule has 6 nitrogen and oxygen atoms in total. The number of benzene rings is 1. The summed E-state index contributed by atoms with van der Waals surface area (Å²) in [5.41, 5.74) is 0.249. The third-order valence-electron chi connectivity index (χ3n) is 2.44. The van der Waals surface area contributed by atoms with E-state index in [9.17, 15) is 14.0 Å². The van der Waals surface area contributed by atoms with Crippen molar-refractivity contribution in [3.63, 3.8) is 0 Å². The molecule has 0 aliphatic carbocycles. The Kier molecular flexibility index (Phi) is 5.07. The van der Waals surface area contributed by atoms with Crippen molar-refractivity contribution in [1.29, 1.82) is 0 Å². The van der Waals surface area contributed by atoms with Crippen LogP contribution in [0, 0.1) is 5.82 Å². The normalized spacial score (nSPS) is 20.2. The Labute approximate surface area is 131 Å². The Morgan fingerprint density at radius 2 is 2.33 bits per heavy atom. The summed E-state index contributed by atoms with van der Waals surface area (Å²) in [7, 11) is 0. The van der Waals surface area contributed by atoms with Gasteiger partial charge in [-0.05, 0) is 18.2 Å². The number of hydrogen-bond donors (Lipinski definition) is 2. The Bertz CT molecular complexity index is 651. The van der Waals surface area contributed by atoms with Crippen LogP contribution in [0.15, 0.2) is 32.9 Å². The number of hydrogen-bond acceptors (Lipinski definition) is 5. The highest BCUT2D eigenvalue weighted by atomic mass is 79.9. The van der Waals surface area contributed by atoms with E-state index in [-0.39, 0.29) is 17.2 Å². The average Bonchev–Trinajstić information content (AvgIpc) is 2.72. The maximum atomic E-state index is 13.5. The molecule has 1 aromatic rings. The second-order valence-electron chi connectivity index (χ2n) is 4.01. The zero-order chi connectivity index (χ0) is 15.4. The third-order valence-corrected chi connectivity index (χ3v) is 4.01. The number of thioether (sulfide) groups is 1. The van der Waals surface area contributed by atoms with E-state index in [0.717, 1.165) is 11.8 Å². The van der Waals surface area contributed by atoms with Crippen LogP contribution >= 0.6 is 27.7 Å². The van der Waals surface area contributed by atoms with Gasteiger partial charge >= 0.3 is 5.97 Å². The predicted octanol–water partition coefficient (Wildman–Crippen LogP) is 1.98. The van der Waals surface area contributed by atoms with Crippen LogP contribution in [0.4, 0.5) is 4.39 Å². The second kappa shape index (κ2) is 6.81. The lowest BCUT2D eigenvalue weighted by molar-refractivity contribution is -0.138. The number of nitrogens with one attached hydrogen (secondary N) is 1. The second-order valence-corrected chi connectivity index (χ2v) is 6.12. The molecule has 21 heavy (non-hydrogen) atoms. The molecule has 1 saturated heterocycles. The zero-order valence-electron chi connectivity index (χ0n) is 10.4. The Morgan fingerprint density at radius 3 is 3.00 bits per heavy atom. The molecule has 1 aliphatic rings. The van der Waals surface area contributed by atoms with Gasteiger partial charge in [0.1, 0.15) is 11.1 Å². The predicted molar refractivity (Wildman–Crippen MR) is 80.9 cm³/mol. The van der Waals surface area contributed by atoms with Gasteiger partial charge in [-0.15, -0.1) is 5.10 Å². The van der Waals surface area contributed by atoms with Crippen LogP contribution in [-0.2, 0) is 9.59 Å². The lowest BCUT2D eigenvalue weighted by atomic mass is 10.2. The van der Waals surface area contributed by atoms with E-state index < -0.39 is 22.9 Å². The molecular weight excluding hydrogens is 365 g/mol. The van der Waals surface area contributed by atoms with E-state index in [0.29, 0.717) is 4.47 Å². The van der Waals surface area contributed by atoms with E-state index in [4.69, 9.17) is 5.11 Å². The molecule has 110 valence electrons. The number of amides is 1. The maximum absolute atomic E-state index is 13.5. The number of halogens is 2. The van der Waals surface area contributed by atoms with Gasteiger partial charge < -0.3 is 10.4 Å². The summed E-state index contributed by atoms with van der Waals surface area (Å²) in [5, 5.41) is 18.0. The molecule has 0 saturated carbocycles. The topological polar surface area (TPSA) is 91.1 Å². The van der Waals surface area contributed by atoms with Crippen molar-refractivity contribution in [2.75, 3.05) is 0 Å². The van der Waals surface area contributed by atoms with Crippen molar-refractivity contribution in [2.45, 2.75) is 11.7 Å². The van der Waals surface area contributed by atoms with Gasteiger partial charge in [-0.25, -0.2) is 4.39 Å². The highest BCUT2D eigenvalue weighted by Gasteiger charge is 2.32. The average molecular weight is 374 g/mol. The van der Waals surface area contributed by atoms with Crippen molar-refractivity contribution in [3.8, 4) is 0 Å². The fourth-order valence-electron chi connectivity index (χ4n) is 1.49. The van der Waals surface area contributed by atoms with Crippen molar-refractivity contribution in [3.05, 3.63) is 34.1 Å². The van der Waals surface area contributed by atoms with Crippen molar-refractivity contribution >= 4 is 51.0 Å². The summed E-state index contributed by atoms with van der Waals surface area (Å²) in [6, 6.07) is 4.48. The minimum atomic E-state index is -1.07. The number of rotatable bonds is 4. The molecule has 0 spiro atoms. The maximum Gasteiger partial charge on any atom is 0.305 e. The van der Waals surface area contributed by atoms with Crippen molar-refractivity contribution < 1.29 is 19.1 Å². The van der Waals surface area contributed by atoms with Crippen LogP contribution in [0.25, 0.3) is 0 Å². The van der Waals surface area contributed by atoms with Crippen molar-refractivity contribution in [2.24, 2.45) is 10.2 Å². The molecule has 2 N–H and O–H groups in total. The molecule has 1 unspecified atom stereocenters. The van der Waals surface area contributed by atoms with Crippen LogP contribution in [0.1, 0.15) is 12.0 Å². The molecule has 1 fully saturated rings. The molecule has 9 heteroatoms. The molecule has 2 rings (SSSR count). The van der Waals surface area contributed by atoms with Gasteiger partial charge in [-0.3, -0.25) is 9.59 Å². The molecule has 0 aromatic heterocycles. The minimum Gasteiger partial charge on any atom is -0.481 e. The number of carbonyl (C=O) groups is 2. The molecule has 1 amide bonds. The van der Waals surface area contributed by atoms with Gasteiger partial charge in [-0.2, -0.15) is 5.10 Å². The quantitative estimate of drug-likeness (QED) is 0.623. The Hall–Kier alpha value is -1.74. The lowest BCUT2D eigenvalue weighted by Gasteiger charge is -1.98. The van der Waals surface area contributed by atoms with E-state index in [1.54, 1.807) is 6.07 Å². The number of carboxylic acids is 1. The van der Waals surface area contributed by atoms with Crippen LogP contribution in [-0.4, -0.2) is 33.6 Å². The van der Waals surface area contributed by atoms with Crippen molar-refractivity contribution in [1.82, 2.24) is 5.32 Å².